The van der Waals surface area contributed by atoms with Crippen molar-refractivity contribution in [3.05, 3.63) is 36.1 Å². The van der Waals surface area contributed by atoms with Gasteiger partial charge in [0.2, 0.25) is 0 Å². The van der Waals surface area contributed by atoms with Crippen LogP contribution in [0.4, 0.5) is 0 Å². The molecule has 0 saturated carbocycles. The normalized spacial score (nSPS) is 23.5. The molecule has 1 aromatic heterocycles. The molecule has 4 nitrogen and oxygen atoms in total. The summed E-state index contributed by atoms with van der Waals surface area (Å²) in [6.07, 6.45) is 2.33. The maximum atomic E-state index is 10.9. The molecular weight excluding hydrogens is 220 g/mol. The number of para-hydroxylation sites is 1. The lowest BCUT2D eigenvalue weighted by atomic mass is 9.83. The number of aliphatic carboxylic acids is 1. The van der Waals surface area contributed by atoms with Crippen molar-refractivity contribution in [2.75, 3.05) is 6.61 Å². The van der Waals surface area contributed by atoms with E-state index in [4.69, 9.17) is 14.3 Å². The quantitative estimate of drug-likeness (QED) is 0.883. The highest BCUT2D eigenvalue weighted by Gasteiger charge is 2.44. The summed E-state index contributed by atoms with van der Waals surface area (Å²) in [6, 6.07) is 7.60. The topological polar surface area (TPSA) is 59.7 Å². The van der Waals surface area contributed by atoms with E-state index in [0.29, 0.717) is 6.61 Å². The first-order valence-corrected chi connectivity index (χ1v) is 5.54. The maximum Gasteiger partial charge on any atom is 0.306 e. The van der Waals surface area contributed by atoms with Crippen molar-refractivity contribution in [1.82, 2.24) is 0 Å². The molecule has 0 aliphatic carbocycles. The van der Waals surface area contributed by atoms with Crippen molar-refractivity contribution < 1.29 is 19.1 Å². The summed E-state index contributed by atoms with van der Waals surface area (Å²) < 4.78 is 11.0. The molecule has 0 spiro atoms. The minimum Gasteiger partial charge on any atom is -0.481 e. The molecule has 1 saturated heterocycles. The van der Waals surface area contributed by atoms with E-state index < -0.39 is 11.6 Å². The average molecular weight is 232 g/mol. The molecule has 1 unspecified atom stereocenters. The van der Waals surface area contributed by atoms with E-state index >= 15 is 0 Å². The summed E-state index contributed by atoms with van der Waals surface area (Å²) in [4.78, 5) is 10.9. The summed E-state index contributed by atoms with van der Waals surface area (Å²) >= 11 is 0. The number of rotatable bonds is 3. The molecule has 3 rings (SSSR count). The minimum atomic E-state index is -0.852. The van der Waals surface area contributed by atoms with Gasteiger partial charge in [0.05, 0.1) is 19.3 Å². The molecule has 1 aromatic carbocycles. The molecule has 2 heterocycles. The minimum absolute atomic E-state index is 0.0173. The van der Waals surface area contributed by atoms with E-state index in [2.05, 4.69) is 0 Å². The van der Waals surface area contributed by atoms with Crippen molar-refractivity contribution in [2.45, 2.75) is 18.4 Å². The second-order valence-electron chi connectivity index (χ2n) is 4.31. The smallest absolute Gasteiger partial charge is 0.306 e. The van der Waals surface area contributed by atoms with E-state index in [1.807, 2.05) is 24.3 Å². The lowest BCUT2D eigenvalue weighted by Crippen LogP contribution is -2.42. The molecule has 0 amide bonds. The fourth-order valence-electron chi connectivity index (χ4n) is 2.37. The number of fused-ring (bicyclic) bond motifs is 1. The molecule has 1 atom stereocenters. The highest BCUT2D eigenvalue weighted by Crippen LogP contribution is 2.44. The Morgan fingerprint density at radius 1 is 1.41 bits per heavy atom. The van der Waals surface area contributed by atoms with Gasteiger partial charge in [-0.2, -0.15) is 0 Å². The van der Waals surface area contributed by atoms with E-state index in [1.54, 1.807) is 6.26 Å². The Morgan fingerprint density at radius 2 is 2.18 bits per heavy atom. The van der Waals surface area contributed by atoms with Gasteiger partial charge >= 0.3 is 5.97 Å². The number of carboxylic acids is 1. The summed E-state index contributed by atoms with van der Waals surface area (Å²) in [5.74, 6) is -0.852. The average Bonchev–Trinajstić information content (AvgIpc) is 2.67. The largest absolute Gasteiger partial charge is 0.481 e. The Kier molecular flexibility index (Phi) is 2.19. The number of carboxylic acid groups (broad SMARTS) is 1. The van der Waals surface area contributed by atoms with E-state index in [0.717, 1.165) is 23.0 Å². The maximum absolute atomic E-state index is 10.9. The fraction of sp³-hybridized carbons (Fsp3) is 0.308. The lowest BCUT2D eigenvalue weighted by molar-refractivity contribution is -0.175. The highest BCUT2D eigenvalue weighted by molar-refractivity contribution is 5.83. The van der Waals surface area contributed by atoms with Gasteiger partial charge in [0.25, 0.3) is 0 Å². The van der Waals surface area contributed by atoms with Crippen LogP contribution in [-0.4, -0.2) is 17.7 Å². The first kappa shape index (κ1) is 10.4. The molecule has 1 aliphatic heterocycles. The summed E-state index contributed by atoms with van der Waals surface area (Å²) in [5.41, 5.74) is 0.919. The Balaban J connectivity index is 2.10. The first-order valence-electron chi connectivity index (χ1n) is 5.54. The number of carbonyl (C=O) groups is 1. The van der Waals surface area contributed by atoms with Crippen molar-refractivity contribution in [3.63, 3.8) is 0 Å². The van der Waals surface area contributed by atoms with Crippen LogP contribution in [0.25, 0.3) is 11.0 Å². The van der Waals surface area contributed by atoms with Crippen molar-refractivity contribution in [3.8, 4) is 0 Å². The number of benzene rings is 1. The lowest BCUT2D eigenvalue weighted by Gasteiger charge is -2.40. The Labute approximate surface area is 97.8 Å². The van der Waals surface area contributed by atoms with Gasteiger partial charge in [-0.3, -0.25) is 4.79 Å². The van der Waals surface area contributed by atoms with Crippen LogP contribution in [0.1, 0.15) is 18.4 Å². The SMILES string of the molecule is O=C(O)CC1(c2coc3ccccc23)CCO1. The van der Waals surface area contributed by atoms with Crippen LogP contribution in [0.3, 0.4) is 0 Å². The second-order valence-corrected chi connectivity index (χ2v) is 4.31. The Bertz CT molecular complexity index is 566. The van der Waals surface area contributed by atoms with Gasteiger partial charge in [0.15, 0.2) is 0 Å². The van der Waals surface area contributed by atoms with Crippen LogP contribution in [0.15, 0.2) is 34.9 Å². The zero-order valence-corrected chi connectivity index (χ0v) is 9.18. The van der Waals surface area contributed by atoms with Gasteiger partial charge < -0.3 is 14.3 Å². The second kappa shape index (κ2) is 3.60. The van der Waals surface area contributed by atoms with E-state index in [9.17, 15) is 4.79 Å². The molecule has 2 aromatic rings. The Hall–Kier alpha value is -1.81. The summed E-state index contributed by atoms with van der Waals surface area (Å²) in [6.45, 7) is 0.604. The van der Waals surface area contributed by atoms with E-state index in [-0.39, 0.29) is 6.42 Å². The zero-order chi connectivity index (χ0) is 11.9. The molecule has 4 heteroatoms. The van der Waals surface area contributed by atoms with Crippen molar-refractivity contribution in [1.29, 1.82) is 0 Å². The van der Waals surface area contributed by atoms with Crippen molar-refractivity contribution >= 4 is 16.9 Å². The van der Waals surface area contributed by atoms with Crippen LogP contribution >= 0.6 is 0 Å². The van der Waals surface area contributed by atoms with Crippen LogP contribution in [0, 0.1) is 0 Å². The van der Waals surface area contributed by atoms with Gasteiger partial charge in [-0.15, -0.1) is 0 Å². The molecule has 1 fully saturated rings. The summed E-state index contributed by atoms with van der Waals surface area (Å²) in [5, 5.41) is 9.91. The molecule has 0 bridgehead atoms. The van der Waals surface area contributed by atoms with Crippen LogP contribution in [0.2, 0.25) is 0 Å². The number of furan rings is 1. The third-order valence-corrected chi connectivity index (χ3v) is 3.29. The predicted molar refractivity (Wildman–Crippen MR) is 60.7 cm³/mol. The van der Waals surface area contributed by atoms with Crippen LogP contribution < -0.4 is 0 Å². The van der Waals surface area contributed by atoms with Crippen molar-refractivity contribution in [2.24, 2.45) is 0 Å². The van der Waals surface area contributed by atoms with Crippen LogP contribution in [0.5, 0.6) is 0 Å². The van der Waals surface area contributed by atoms with Gasteiger partial charge in [-0.1, -0.05) is 18.2 Å². The fourth-order valence-corrected chi connectivity index (χ4v) is 2.37. The van der Waals surface area contributed by atoms with Gasteiger partial charge in [-0.05, 0) is 6.07 Å². The number of ether oxygens (including phenoxy) is 1. The van der Waals surface area contributed by atoms with Gasteiger partial charge in [0.1, 0.15) is 11.2 Å². The molecule has 88 valence electrons. The first-order chi connectivity index (χ1) is 8.21. The number of hydrogen-bond acceptors (Lipinski definition) is 3. The Morgan fingerprint density at radius 3 is 2.82 bits per heavy atom. The zero-order valence-electron chi connectivity index (χ0n) is 9.18. The summed E-state index contributed by atoms with van der Waals surface area (Å²) in [7, 11) is 0. The van der Waals surface area contributed by atoms with E-state index in [1.165, 1.54) is 0 Å². The third kappa shape index (κ3) is 1.52. The molecule has 0 radical (unpaired) electrons. The molecular formula is C13H12O4. The molecule has 1 N–H and O–H groups in total. The highest BCUT2D eigenvalue weighted by atomic mass is 16.5. The molecule has 17 heavy (non-hydrogen) atoms. The van der Waals surface area contributed by atoms with Gasteiger partial charge in [-0.25, -0.2) is 0 Å². The monoisotopic (exact) mass is 232 g/mol. The van der Waals surface area contributed by atoms with Crippen LogP contribution in [-0.2, 0) is 15.1 Å². The standard InChI is InChI=1S/C13H12O4/c14-12(15)7-13(5-6-17-13)10-8-16-11-4-2-1-3-9(10)11/h1-4,8H,5-7H2,(H,14,15). The predicted octanol–water partition coefficient (Wildman–Crippen LogP) is 2.52. The van der Waals surface area contributed by atoms with Gasteiger partial charge in [0, 0.05) is 17.4 Å². The third-order valence-electron chi connectivity index (χ3n) is 3.29. The number of hydrogen-bond donors (Lipinski definition) is 1. The molecule has 1 aliphatic rings.